The molecule has 0 radical (unpaired) electrons. The van der Waals surface area contributed by atoms with Crippen LogP contribution in [0, 0.1) is 0 Å². The fourth-order valence-corrected chi connectivity index (χ4v) is 2.62. The van der Waals surface area contributed by atoms with Crippen molar-refractivity contribution in [2.45, 2.75) is 25.3 Å². The molecule has 6 nitrogen and oxygen atoms in total. The summed E-state index contributed by atoms with van der Waals surface area (Å²) < 4.78 is 44.7. The Balaban J connectivity index is 1.65. The minimum Gasteiger partial charge on any atom is -0.378 e. The molecule has 9 heteroatoms. The van der Waals surface area contributed by atoms with Gasteiger partial charge in [0.1, 0.15) is 5.82 Å². The average molecular weight is 291 g/mol. The van der Waals surface area contributed by atoms with Crippen LogP contribution in [0.15, 0.2) is 0 Å². The number of morpholine rings is 1. The number of hydrogen-bond acceptors (Lipinski definition) is 5. The predicted octanol–water partition coefficient (Wildman–Crippen LogP) is 0.101. The number of nitrogens with zero attached hydrogens (tertiary/aromatic N) is 4. The highest BCUT2D eigenvalue weighted by Gasteiger charge is 2.39. The van der Waals surface area contributed by atoms with Crippen LogP contribution in [0.3, 0.4) is 0 Å². The van der Waals surface area contributed by atoms with Gasteiger partial charge in [0, 0.05) is 32.2 Å². The minimum absolute atomic E-state index is 0.223. The number of halogens is 3. The molecular weight excluding hydrogens is 275 g/mol. The van der Waals surface area contributed by atoms with E-state index in [1.807, 2.05) is 0 Å². The summed E-state index contributed by atoms with van der Waals surface area (Å²) in [5.41, 5.74) is 0. The number of alkyl halides is 3. The van der Waals surface area contributed by atoms with Gasteiger partial charge in [0.2, 0.25) is 5.82 Å². The van der Waals surface area contributed by atoms with E-state index in [1.54, 1.807) is 0 Å². The van der Waals surface area contributed by atoms with Gasteiger partial charge in [-0.2, -0.15) is 13.2 Å². The van der Waals surface area contributed by atoms with E-state index in [-0.39, 0.29) is 12.6 Å². The Kier molecular flexibility index (Phi) is 3.65. The van der Waals surface area contributed by atoms with Crippen LogP contribution in [0.2, 0.25) is 0 Å². The maximum Gasteiger partial charge on any atom is 0.451 e. The molecule has 1 atom stereocenters. The van der Waals surface area contributed by atoms with E-state index in [9.17, 15) is 13.2 Å². The van der Waals surface area contributed by atoms with Gasteiger partial charge in [0.05, 0.1) is 19.8 Å². The van der Waals surface area contributed by atoms with Crippen molar-refractivity contribution < 1.29 is 17.9 Å². The van der Waals surface area contributed by atoms with Crippen LogP contribution in [-0.2, 0) is 24.0 Å². The van der Waals surface area contributed by atoms with Gasteiger partial charge in [-0.15, -0.1) is 10.2 Å². The molecule has 112 valence electrons. The maximum atomic E-state index is 12.7. The Morgan fingerprint density at radius 3 is 2.85 bits per heavy atom. The third-order valence-corrected chi connectivity index (χ3v) is 3.56. The van der Waals surface area contributed by atoms with E-state index >= 15 is 0 Å². The molecule has 2 aliphatic rings. The standard InChI is InChI=1S/C11H16F3N5O/c12-11(13,14)10-17-16-9-6-18(2-3-19(9)10)5-8-7-20-4-1-15-8/h8,15H,1-7H2. The van der Waals surface area contributed by atoms with Crippen LogP contribution in [0.25, 0.3) is 0 Å². The second-order valence-electron chi connectivity index (χ2n) is 5.05. The van der Waals surface area contributed by atoms with Crippen LogP contribution < -0.4 is 5.32 Å². The lowest BCUT2D eigenvalue weighted by molar-refractivity contribution is -0.148. The molecule has 1 aromatic heterocycles. The first-order valence-corrected chi connectivity index (χ1v) is 6.57. The maximum absolute atomic E-state index is 12.7. The van der Waals surface area contributed by atoms with E-state index in [0.717, 1.165) is 13.1 Å². The molecule has 3 heterocycles. The monoisotopic (exact) mass is 291 g/mol. The fraction of sp³-hybridized carbons (Fsp3) is 0.818. The summed E-state index contributed by atoms with van der Waals surface area (Å²) in [6.45, 7) is 4.12. The molecule has 1 fully saturated rings. The first kappa shape index (κ1) is 13.8. The van der Waals surface area contributed by atoms with Crippen molar-refractivity contribution in [1.29, 1.82) is 0 Å². The van der Waals surface area contributed by atoms with Gasteiger partial charge in [-0.1, -0.05) is 0 Å². The molecule has 0 aliphatic carbocycles. The zero-order chi connectivity index (χ0) is 14.2. The first-order chi connectivity index (χ1) is 9.54. The molecular formula is C11H16F3N5O. The molecule has 1 saturated heterocycles. The number of aromatic nitrogens is 3. The average Bonchev–Trinajstić information content (AvgIpc) is 2.83. The highest BCUT2D eigenvalue weighted by atomic mass is 19.4. The molecule has 3 rings (SSSR count). The van der Waals surface area contributed by atoms with Gasteiger partial charge in [-0.25, -0.2) is 0 Å². The van der Waals surface area contributed by atoms with E-state index in [4.69, 9.17) is 4.74 Å². The summed E-state index contributed by atoms with van der Waals surface area (Å²) in [5, 5.41) is 10.3. The van der Waals surface area contributed by atoms with Gasteiger partial charge < -0.3 is 14.6 Å². The lowest BCUT2D eigenvalue weighted by atomic mass is 10.2. The molecule has 1 aromatic rings. The molecule has 0 amide bonds. The molecule has 2 aliphatic heterocycles. The number of fused-ring (bicyclic) bond motifs is 1. The second-order valence-corrected chi connectivity index (χ2v) is 5.05. The fourth-order valence-electron chi connectivity index (χ4n) is 2.62. The van der Waals surface area contributed by atoms with Crippen molar-refractivity contribution in [1.82, 2.24) is 25.0 Å². The third kappa shape index (κ3) is 2.79. The quantitative estimate of drug-likeness (QED) is 0.837. The summed E-state index contributed by atoms with van der Waals surface area (Å²) >= 11 is 0. The summed E-state index contributed by atoms with van der Waals surface area (Å²) in [5.74, 6) is -0.522. The normalized spacial score (nSPS) is 24.6. The Hall–Kier alpha value is -1.19. The lowest BCUT2D eigenvalue weighted by Gasteiger charge is -2.33. The summed E-state index contributed by atoms with van der Waals surface area (Å²) in [7, 11) is 0. The van der Waals surface area contributed by atoms with Crippen molar-refractivity contribution in [3.63, 3.8) is 0 Å². The van der Waals surface area contributed by atoms with Crippen molar-refractivity contribution in [3.05, 3.63) is 11.6 Å². The van der Waals surface area contributed by atoms with Crippen LogP contribution in [0.5, 0.6) is 0 Å². The summed E-state index contributed by atoms with van der Waals surface area (Å²) in [6.07, 6.45) is -4.44. The Labute approximate surface area is 113 Å². The smallest absolute Gasteiger partial charge is 0.378 e. The van der Waals surface area contributed by atoms with Crippen LogP contribution in [0.4, 0.5) is 13.2 Å². The van der Waals surface area contributed by atoms with Crippen molar-refractivity contribution in [2.24, 2.45) is 0 Å². The van der Waals surface area contributed by atoms with Crippen LogP contribution in [-0.4, -0.2) is 58.6 Å². The molecule has 1 N–H and O–H groups in total. The van der Waals surface area contributed by atoms with E-state index < -0.39 is 12.0 Å². The molecule has 0 bridgehead atoms. The van der Waals surface area contributed by atoms with Crippen molar-refractivity contribution in [2.75, 3.05) is 32.8 Å². The Morgan fingerprint density at radius 2 is 2.15 bits per heavy atom. The van der Waals surface area contributed by atoms with Crippen molar-refractivity contribution >= 4 is 0 Å². The second kappa shape index (κ2) is 5.30. The molecule has 1 unspecified atom stereocenters. The van der Waals surface area contributed by atoms with Crippen molar-refractivity contribution in [3.8, 4) is 0 Å². The lowest BCUT2D eigenvalue weighted by Crippen LogP contribution is -2.50. The van der Waals surface area contributed by atoms with E-state index in [1.165, 1.54) is 4.57 Å². The van der Waals surface area contributed by atoms with Crippen LogP contribution >= 0.6 is 0 Å². The minimum atomic E-state index is -4.44. The summed E-state index contributed by atoms with van der Waals surface area (Å²) in [4.78, 5) is 2.08. The Morgan fingerprint density at radius 1 is 1.30 bits per heavy atom. The number of rotatable bonds is 2. The number of hydrogen-bond donors (Lipinski definition) is 1. The zero-order valence-electron chi connectivity index (χ0n) is 10.9. The van der Waals surface area contributed by atoms with Gasteiger partial charge in [-0.3, -0.25) is 4.90 Å². The molecule has 0 spiro atoms. The Bertz CT molecular complexity index is 469. The first-order valence-electron chi connectivity index (χ1n) is 6.57. The molecule has 0 saturated carbocycles. The molecule has 0 aromatic carbocycles. The topological polar surface area (TPSA) is 55.2 Å². The molecule has 20 heavy (non-hydrogen) atoms. The predicted molar refractivity (Wildman–Crippen MR) is 62.9 cm³/mol. The van der Waals surface area contributed by atoms with E-state index in [0.29, 0.717) is 32.1 Å². The van der Waals surface area contributed by atoms with Crippen LogP contribution in [0.1, 0.15) is 11.6 Å². The largest absolute Gasteiger partial charge is 0.451 e. The highest BCUT2D eigenvalue weighted by molar-refractivity contribution is 5.02. The van der Waals surface area contributed by atoms with Gasteiger partial charge >= 0.3 is 6.18 Å². The number of nitrogens with one attached hydrogen (secondary N) is 1. The van der Waals surface area contributed by atoms with Gasteiger partial charge in [0.15, 0.2) is 0 Å². The SMILES string of the molecule is FC(F)(F)c1nnc2n1CCN(CC1COCCN1)C2. The summed E-state index contributed by atoms with van der Waals surface area (Å²) in [6, 6.07) is 0.223. The highest BCUT2D eigenvalue weighted by Crippen LogP contribution is 2.29. The zero-order valence-corrected chi connectivity index (χ0v) is 10.9. The van der Waals surface area contributed by atoms with Gasteiger partial charge in [0.25, 0.3) is 0 Å². The van der Waals surface area contributed by atoms with Gasteiger partial charge in [-0.05, 0) is 0 Å². The third-order valence-electron chi connectivity index (χ3n) is 3.56. The van der Waals surface area contributed by atoms with E-state index in [2.05, 4.69) is 20.4 Å². The number of ether oxygens (including phenoxy) is 1.